The van der Waals surface area contributed by atoms with Crippen LogP contribution in [0.3, 0.4) is 0 Å². The number of nitrogens with zero attached hydrogens (tertiary/aromatic N) is 1. The fourth-order valence-corrected chi connectivity index (χ4v) is 2.83. The van der Waals surface area contributed by atoms with Crippen LogP contribution in [0.1, 0.15) is 46.5 Å². The quantitative estimate of drug-likeness (QED) is 0.755. The molecule has 0 saturated heterocycles. The third-order valence-corrected chi connectivity index (χ3v) is 3.41. The first-order valence-corrected chi connectivity index (χ1v) is 5.88. The summed E-state index contributed by atoms with van der Waals surface area (Å²) in [5, 5.41) is 4.33. The Morgan fingerprint density at radius 1 is 1.53 bits per heavy atom. The van der Waals surface area contributed by atoms with Gasteiger partial charge in [0.2, 0.25) is 0 Å². The van der Waals surface area contributed by atoms with Gasteiger partial charge in [-0.3, -0.25) is 4.79 Å². The van der Waals surface area contributed by atoms with Crippen molar-refractivity contribution in [1.29, 1.82) is 0 Å². The zero-order valence-electron chi connectivity index (χ0n) is 9.84. The number of carbonyl (C=O) groups excluding carboxylic acids is 1. The first-order chi connectivity index (χ1) is 7.03. The fourth-order valence-electron chi connectivity index (χ4n) is 2.83. The van der Waals surface area contributed by atoms with Gasteiger partial charge in [0.25, 0.3) is 0 Å². The highest BCUT2D eigenvalue weighted by molar-refractivity contribution is 6.07. The van der Waals surface area contributed by atoms with E-state index in [1.54, 1.807) is 0 Å². The zero-order chi connectivity index (χ0) is 11.1. The normalized spacial score (nSPS) is 33.3. The number of hydrogen-bond acceptors (Lipinski definition) is 3. The SMILES string of the molecule is CCCC1=NNC2CC(C)(C)CC(=O)C12. The first kappa shape index (κ1) is 10.7. The molecule has 1 N–H and O–H groups in total. The Bertz CT molecular complexity index is 307. The maximum absolute atomic E-state index is 12.1. The Morgan fingerprint density at radius 3 is 2.93 bits per heavy atom. The first-order valence-electron chi connectivity index (χ1n) is 5.88. The summed E-state index contributed by atoms with van der Waals surface area (Å²) >= 11 is 0. The van der Waals surface area contributed by atoms with Gasteiger partial charge in [0.05, 0.1) is 17.7 Å². The van der Waals surface area contributed by atoms with Gasteiger partial charge in [-0.25, -0.2) is 0 Å². The summed E-state index contributed by atoms with van der Waals surface area (Å²) < 4.78 is 0. The molecule has 0 bridgehead atoms. The van der Waals surface area contributed by atoms with Crippen molar-refractivity contribution in [3.63, 3.8) is 0 Å². The van der Waals surface area contributed by atoms with E-state index >= 15 is 0 Å². The average molecular weight is 208 g/mol. The molecule has 0 amide bonds. The van der Waals surface area contributed by atoms with Crippen molar-refractivity contribution in [2.24, 2.45) is 16.4 Å². The van der Waals surface area contributed by atoms with Crippen molar-refractivity contribution in [3.05, 3.63) is 0 Å². The number of carbonyl (C=O) groups is 1. The summed E-state index contributed by atoms with van der Waals surface area (Å²) in [5.41, 5.74) is 4.37. The maximum atomic E-state index is 12.1. The molecule has 84 valence electrons. The van der Waals surface area contributed by atoms with Crippen LogP contribution in [0.5, 0.6) is 0 Å². The Hall–Kier alpha value is -0.860. The number of Topliss-reactive ketones (excluding diaryl/α,β-unsaturated/α-hetero) is 1. The van der Waals surface area contributed by atoms with Gasteiger partial charge in [0.15, 0.2) is 0 Å². The van der Waals surface area contributed by atoms with Crippen molar-refractivity contribution in [2.45, 2.75) is 52.5 Å². The molecule has 0 radical (unpaired) electrons. The van der Waals surface area contributed by atoms with E-state index < -0.39 is 0 Å². The molecular weight excluding hydrogens is 188 g/mol. The number of nitrogens with one attached hydrogen (secondary N) is 1. The molecule has 15 heavy (non-hydrogen) atoms. The van der Waals surface area contributed by atoms with E-state index in [-0.39, 0.29) is 17.4 Å². The van der Waals surface area contributed by atoms with Crippen LogP contribution < -0.4 is 5.43 Å². The predicted molar refractivity (Wildman–Crippen MR) is 60.8 cm³/mol. The topological polar surface area (TPSA) is 41.5 Å². The molecule has 1 aliphatic heterocycles. The smallest absolute Gasteiger partial charge is 0.144 e. The standard InChI is InChI=1S/C12H20N2O/c1-4-5-8-11-9(14-13-8)6-12(2,3)7-10(11)15/h9,11,14H,4-7H2,1-3H3. The summed E-state index contributed by atoms with van der Waals surface area (Å²) in [6.07, 6.45) is 3.79. The molecule has 0 aromatic heterocycles. The van der Waals surface area contributed by atoms with Gasteiger partial charge in [-0.05, 0) is 18.3 Å². The number of hydrazone groups is 1. The minimum absolute atomic E-state index is 0.0815. The highest BCUT2D eigenvalue weighted by Crippen LogP contribution is 2.39. The van der Waals surface area contributed by atoms with Gasteiger partial charge in [-0.1, -0.05) is 27.2 Å². The summed E-state index contributed by atoms with van der Waals surface area (Å²) in [4.78, 5) is 12.1. The van der Waals surface area contributed by atoms with E-state index in [0.29, 0.717) is 12.2 Å². The minimum Gasteiger partial charge on any atom is -0.306 e. The average Bonchev–Trinajstić information content (AvgIpc) is 2.46. The van der Waals surface area contributed by atoms with Crippen molar-refractivity contribution >= 4 is 11.5 Å². The lowest BCUT2D eigenvalue weighted by Gasteiger charge is -2.36. The van der Waals surface area contributed by atoms with Gasteiger partial charge in [0, 0.05) is 6.42 Å². The predicted octanol–water partition coefficient (Wildman–Crippen LogP) is 2.12. The van der Waals surface area contributed by atoms with Crippen LogP contribution in [0.25, 0.3) is 0 Å². The van der Waals surface area contributed by atoms with E-state index in [1.165, 1.54) is 0 Å². The van der Waals surface area contributed by atoms with E-state index in [0.717, 1.165) is 25.0 Å². The van der Waals surface area contributed by atoms with Gasteiger partial charge in [0.1, 0.15) is 5.78 Å². The summed E-state index contributed by atoms with van der Waals surface area (Å²) in [7, 11) is 0. The van der Waals surface area contributed by atoms with Crippen LogP contribution in [0, 0.1) is 11.3 Å². The van der Waals surface area contributed by atoms with Crippen molar-refractivity contribution in [1.82, 2.24) is 5.43 Å². The van der Waals surface area contributed by atoms with E-state index in [4.69, 9.17) is 0 Å². The summed E-state index contributed by atoms with van der Waals surface area (Å²) in [6.45, 7) is 6.47. The van der Waals surface area contributed by atoms with Gasteiger partial charge < -0.3 is 5.43 Å². The Balaban J connectivity index is 2.14. The third-order valence-electron chi connectivity index (χ3n) is 3.41. The molecule has 1 fully saturated rings. The Kier molecular flexibility index (Phi) is 2.57. The van der Waals surface area contributed by atoms with Crippen LogP contribution in [-0.2, 0) is 4.79 Å². The molecule has 0 spiro atoms. The van der Waals surface area contributed by atoms with Crippen molar-refractivity contribution in [3.8, 4) is 0 Å². The molecule has 0 aromatic carbocycles. The van der Waals surface area contributed by atoms with Gasteiger partial charge in [-0.2, -0.15) is 5.10 Å². The van der Waals surface area contributed by atoms with Crippen LogP contribution >= 0.6 is 0 Å². The van der Waals surface area contributed by atoms with Gasteiger partial charge in [-0.15, -0.1) is 0 Å². The monoisotopic (exact) mass is 208 g/mol. The van der Waals surface area contributed by atoms with Crippen LogP contribution in [0.15, 0.2) is 5.10 Å². The second-order valence-electron chi connectivity index (χ2n) is 5.58. The highest BCUT2D eigenvalue weighted by atomic mass is 16.1. The molecular formula is C12H20N2O. The largest absolute Gasteiger partial charge is 0.306 e. The van der Waals surface area contributed by atoms with E-state index in [2.05, 4.69) is 31.3 Å². The maximum Gasteiger partial charge on any atom is 0.144 e. The molecule has 3 heteroatoms. The van der Waals surface area contributed by atoms with E-state index in [1.807, 2.05) is 0 Å². The van der Waals surface area contributed by atoms with Crippen LogP contribution in [0.2, 0.25) is 0 Å². The van der Waals surface area contributed by atoms with Gasteiger partial charge >= 0.3 is 0 Å². The van der Waals surface area contributed by atoms with E-state index in [9.17, 15) is 4.79 Å². The number of hydrogen-bond donors (Lipinski definition) is 1. The number of fused-ring (bicyclic) bond motifs is 1. The molecule has 1 aliphatic carbocycles. The third kappa shape index (κ3) is 1.92. The minimum atomic E-state index is 0.0815. The van der Waals surface area contributed by atoms with Crippen molar-refractivity contribution < 1.29 is 4.79 Å². The van der Waals surface area contributed by atoms with Crippen LogP contribution in [-0.4, -0.2) is 17.5 Å². The molecule has 1 heterocycles. The second-order valence-corrected chi connectivity index (χ2v) is 5.58. The lowest BCUT2D eigenvalue weighted by Crippen LogP contribution is -2.45. The Morgan fingerprint density at radius 2 is 2.27 bits per heavy atom. The van der Waals surface area contributed by atoms with Crippen molar-refractivity contribution in [2.75, 3.05) is 0 Å². The molecule has 0 aromatic rings. The molecule has 2 rings (SSSR count). The molecule has 1 saturated carbocycles. The highest BCUT2D eigenvalue weighted by Gasteiger charge is 2.45. The van der Waals surface area contributed by atoms with Crippen LogP contribution in [0.4, 0.5) is 0 Å². The number of ketones is 1. The molecule has 3 nitrogen and oxygen atoms in total. The molecule has 2 unspecified atom stereocenters. The lowest BCUT2D eigenvalue weighted by atomic mass is 9.68. The number of rotatable bonds is 2. The molecule has 2 aliphatic rings. The zero-order valence-corrected chi connectivity index (χ0v) is 9.84. The lowest BCUT2D eigenvalue weighted by molar-refractivity contribution is -0.126. The summed E-state index contributed by atoms with van der Waals surface area (Å²) in [5.74, 6) is 0.464. The second kappa shape index (κ2) is 3.62. The molecule has 2 atom stereocenters. The fraction of sp³-hybridized carbons (Fsp3) is 0.833. The Labute approximate surface area is 91.3 Å². The summed E-state index contributed by atoms with van der Waals surface area (Å²) in [6, 6.07) is 0.266.